The zero-order valence-corrected chi connectivity index (χ0v) is 45.9. The molecule has 6 nitrogen and oxygen atoms in total. The first-order chi connectivity index (χ1) is 33.3. The van der Waals surface area contributed by atoms with E-state index in [0.29, 0.717) is 42.9 Å². The van der Waals surface area contributed by atoms with E-state index < -0.39 is 11.7 Å². The Bertz CT molecular complexity index is 1530. The van der Waals surface area contributed by atoms with Crippen LogP contribution in [-0.2, 0) is 19.1 Å². The molecule has 3 rings (SSSR count). The number of hydrogen-bond donors (Lipinski definition) is 2. The van der Waals surface area contributed by atoms with Gasteiger partial charge in [-0.25, -0.2) is 0 Å². The average Bonchev–Trinajstić information content (AvgIpc) is 3.67. The zero-order valence-electron chi connectivity index (χ0n) is 45.9. The van der Waals surface area contributed by atoms with Gasteiger partial charge in [0, 0.05) is 38.0 Å². The van der Waals surface area contributed by atoms with Crippen molar-refractivity contribution in [3.05, 3.63) is 59.8 Å². The molecule has 0 aromatic rings. The minimum Gasteiger partial charge on any atom is -0.462 e. The second-order valence-electron chi connectivity index (χ2n) is 23.1. The summed E-state index contributed by atoms with van der Waals surface area (Å²) >= 11 is 0. The summed E-state index contributed by atoms with van der Waals surface area (Å²) in [5, 5.41) is 21.3. The van der Waals surface area contributed by atoms with Gasteiger partial charge in [-0.2, -0.15) is 0 Å². The third-order valence-corrected chi connectivity index (χ3v) is 16.4. The summed E-state index contributed by atoms with van der Waals surface area (Å²) in [7, 11) is 0. The van der Waals surface area contributed by atoms with Crippen molar-refractivity contribution in [2.75, 3.05) is 0 Å². The Kier molecular flexibility index (Phi) is 31.4. The van der Waals surface area contributed by atoms with Crippen LogP contribution in [0.2, 0.25) is 0 Å². The first kappa shape index (κ1) is 60.9. The quantitative estimate of drug-likeness (QED) is 0.0366. The number of allylic oxidation sites excluding steroid dienone is 8. The number of fused-ring (bicyclic) bond motifs is 1. The minimum absolute atomic E-state index is 0.0151. The Morgan fingerprint density at radius 3 is 1.97 bits per heavy atom. The van der Waals surface area contributed by atoms with Crippen LogP contribution < -0.4 is 0 Å². The number of ether oxygens (including phenoxy) is 2. The maximum absolute atomic E-state index is 13.0. The van der Waals surface area contributed by atoms with E-state index in [2.05, 4.69) is 83.2 Å². The molecule has 396 valence electrons. The molecule has 1 unspecified atom stereocenters. The van der Waals surface area contributed by atoms with Gasteiger partial charge >= 0.3 is 11.9 Å². The molecule has 0 aromatic heterocycles. The Labute approximate surface area is 425 Å². The number of carbonyl (C=O) groups is 2. The van der Waals surface area contributed by atoms with Crippen molar-refractivity contribution >= 4 is 11.9 Å². The topological polar surface area (TPSA) is 93.1 Å². The van der Waals surface area contributed by atoms with Gasteiger partial charge in [0.15, 0.2) is 0 Å². The SMILES string of the molecule is CCCCC/C=C\C/C=C\CCCCCCCC(=O)O[C@@H](C/C=C\CCCCCCCC(=O)O[C@@H]1C/C(=C/C=C2\CCC[C@]3(C)[C@@H]([C@H](C)CCCC(C)(C)O)CC[C@@H]23)C(C)[C@@H](O)C1)CCCCCC. The van der Waals surface area contributed by atoms with E-state index in [1.807, 2.05) is 13.8 Å². The molecule has 0 spiro atoms. The maximum atomic E-state index is 13.0. The summed E-state index contributed by atoms with van der Waals surface area (Å²) in [6.07, 6.45) is 55.0. The molecule has 3 saturated carbocycles. The fourth-order valence-corrected chi connectivity index (χ4v) is 12.1. The summed E-state index contributed by atoms with van der Waals surface area (Å²) in [6, 6.07) is 0. The van der Waals surface area contributed by atoms with Crippen molar-refractivity contribution in [1.29, 1.82) is 0 Å². The third kappa shape index (κ3) is 25.7. The molecule has 2 N–H and O–H groups in total. The van der Waals surface area contributed by atoms with Gasteiger partial charge < -0.3 is 19.7 Å². The van der Waals surface area contributed by atoms with Gasteiger partial charge in [-0.3, -0.25) is 9.59 Å². The molecule has 0 aromatic carbocycles. The number of rotatable bonds is 37. The number of aliphatic hydroxyl groups is 2. The molecule has 0 amide bonds. The summed E-state index contributed by atoms with van der Waals surface area (Å²) in [5.41, 5.74) is 2.54. The lowest BCUT2D eigenvalue weighted by molar-refractivity contribution is -0.152. The average molecular weight is 962 g/mol. The van der Waals surface area contributed by atoms with Crippen molar-refractivity contribution in [3.8, 4) is 0 Å². The fourth-order valence-electron chi connectivity index (χ4n) is 12.1. The molecule has 69 heavy (non-hydrogen) atoms. The Balaban J connectivity index is 1.29. The monoisotopic (exact) mass is 961 g/mol. The summed E-state index contributed by atoms with van der Waals surface area (Å²) in [4.78, 5) is 25.8. The second kappa shape index (κ2) is 35.6. The molecular weight excluding hydrogens is 853 g/mol. The van der Waals surface area contributed by atoms with Gasteiger partial charge in [0.25, 0.3) is 0 Å². The van der Waals surface area contributed by atoms with Crippen LogP contribution in [0.5, 0.6) is 0 Å². The lowest BCUT2D eigenvalue weighted by atomic mass is 9.60. The molecule has 8 atom stereocenters. The lowest BCUT2D eigenvalue weighted by Crippen LogP contribution is -2.36. The van der Waals surface area contributed by atoms with Crippen LogP contribution in [-0.4, -0.2) is 46.1 Å². The van der Waals surface area contributed by atoms with Gasteiger partial charge in [-0.15, -0.1) is 0 Å². The molecule has 0 aliphatic heterocycles. The van der Waals surface area contributed by atoms with Crippen molar-refractivity contribution in [2.45, 2.75) is 297 Å². The lowest BCUT2D eigenvalue weighted by Gasteiger charge is -2.44. The standard InChI is InChI=1S/C63H108O6/c1-8-10-12-14-15-16-17-18-19-20-21-22-26-29-33-41-60(65)68-55(39-31-13-11-9-2)40-32-28-25-23-24-27-30-34-42-61(66)69-56-49-54(52(4)59(64)50-56)44-43-53-38-36-48-63(7)57(45-46-58(53)63)51(3)37-35-47-62(5,6)67/h15-16,18-19,28,32,43-44,51-52,55-59,64,67H,8-14,17,20-27,29-31,33-42,45-50H2,1-7H3/b16-15-,19-18-,32-28-,53-43+,54-44-/t51-,52?,55-,56-,57-,58+,59+,63-/m1/s1. The molecule has 3 aliphatic rings. The van der Waals surface area contributed by atoms with E-state index in [1.165, 1.54) is 102 Å². The summed E-state index contributed by atoms with van der Waals surface area (Å²) < 4.78 is 12.0. The second-order valence-corrected chi connectivity index (χ2v) is 23.1. The first-order valence-corrected chi connectivity index (χ1v) is 29.4. The predicted molar refractivity (Wildman–Crippen MR) is 292 cm³/mol. The van der Waals surface area contributed by atoms with Crippen LogP contribution in [0, 0.1) is 29.1 Å². The van der Waals surface area contributed by atoms with Crippen molar-refractivity contribution in [1.82, 2.24) is 0 Å². The van der Waals surface area contributed by atoms with Gasteiger partial charge in [0.2, 0.25) is 0 Å². The van der Waals surface area contributed by atoms with Crippen LogP contribution in [0.25, 0.3) is 0 Å². The Hall–Kier alpha value is -2.44. The Morgan fingerprint density at radius 1 is 0.725 bits per heavy atom. The number of carbonyl (C=O) groups excluding carboxylic acids is 2. The minimum atomic E-state index is -0.583. The van der Waals surface area contributed by atoms with E-state index in [9.17, 15) is 19.8 Å². The third-order valence-electron chi connectivity index (χ3n) is 16.4. The van der Waals surface area contributed by atoms with Crippen molar-refractivity contribution in [2.24, 2.45) is 29.1 Å². The molecule has 0 saturated heterocycles. The number of unbranched alkanes of at least 4 members (excludes halogenated alkanes) is 16. The first-order valence-electron chi connectivity index (χ1n) is 29.4. The van der Waals surface area contributed by atoms with E-state index in [-0.39, 0.29) is 30.1 Å². The van der Waals surface area contributed by atoms with Gasteiger partial charge in [0.1, 0.15) is 12.2 Å². The van der Waals surface area contributed by atoms with Crippen LogP contribution in [0.4, 0.5) is 0 Å². The predicted octanol–water partition coefficient (Wildman–Crippen LogP) is 17.7. The highest BCUT2D eigenvalue weighted by Gasteiger charge is 2.50. The summed E-state index contributed by atoms with van der Waals surface area (Å²) in [5.74, 6) is 1.93. The van der Waals surface area contributed by atoms with Crippen LogP contribution in [0.3, 0.4) is 0 Å². The fraction of sp³-hybridized carbons (Fsp3) is 0.810. The maximum Gasteiger partial charge on any atom is 0.306 e. The molecule has 3 aliphatic carbocycles. The largest absolute Gasteiger partial charge is 0.462 e. The van der Waals surface area contributed by atoms with Crippen LogP contribution >= 0.6 is 0 Å². The highest BCUT2D eigenvalue weighted by molar-refractivity contribution is 5.70. The van der Waals surface area contributed by atoms with Crippen molar-refractivity contribution in [3.63, 3.8) is 0 Å². The van der Waals surface area contributed by atoms with Gasteiger partial charge in [-0.1, -0.05) is 178 Å². The number of esters is 2. The molecule has 0 radical (unpaired) electrons. The molecule has 0 heterocycles. The molecule has 6 heteroatoms. The van der Waals surface area contributed by atoms with Crippen LogP contribution in [0.1, 0.15) is 273 Å². The van der Waals surface area contributed by atoms with Gasteiger partial charge in [0.05, 0.1) is 11.7 Å². The highest BCUT2D eigenvalue weighted by atomic mass is 16.5. The molecule has 0 bridgehead atoms. The van der Waals surface area contributed by atoms with E-state index in [1.54, 1.807) is 5.57 Å². The van der Waals surface area contributed by atoms with E-state index >= 15 is 0 Å². The summed E-state index contributed by atoms with van der Waals surface area (Å²) in [6.45, 7) is 15.5. The zero-order chi connectivity index (χ0) is 50.2. The van der Waals surface area contributed by atoms with Gasteiger partial charge in [-0.05, 0) is 146 Å². The van der Waals surface area contributed by atoms with Crippen molar-refractivity contribution < 1.29 is 29.3 Å². The smallest absolute Gasteiger partial charge is 0.306 e. The normalized spacial score (nSPS) is 25.3. The highest BCUT2D eigenvalue weighted by Crippen LogP contribution is 2.60. The number of hydrogen-bond acceptors (Lipinski definition) is 6. The van der Waals surface area contributed by atoms with Crippen LogP contribution in [0.15, 0.2) is 59.8 Å². The Morgan fingerprint density at radius 2 is 1.30 bits per heavy atom. The molecule has 3 fully saturated rings. The number of aliphatic hydroxyl groups excluding tert-OH is 1. The van der Waals surface area contributed by atoms with E-state index in [4.69, 9.17) is 9.47 Å². The molecular formula is C63H108O6. The van der Waals surface area contributed by atoms with E-state index in [0.717, 1.165) is 109 Å².